The Kier molecular flexibility index (Phi) is 2.52. The van der Waals surface area contributed by atoms with Crippen molar-refractivity contribution in [2.75, 3.05) is 0 Å². The molecule has 0 amide bonds. The largest absolute Gasteiger partial charge is 0.300 e. The van der Waals surface area contributed by atoms with Crippen LogP contribution in [0.4, 0.5) is 0 Å². The summed E-state index contributed by atoms with van der Waals surface area (Å²) < 4.78 is 0. The average Bonchev–Trinajstić information content (AvgIpc) is 2.15. The van der Waals surface area contributed by atoms with Crippen molar-refractivity contribution in [3.05, 3.63) is 11.6 Å². The summed E-state index contributed by atoms with van der Waals surface area (Å²) >= 11 is 0. The van der Waals surface area contributed by atoms with E-state index < -0.39 is 0 Å². The molecular weight excluding hydrogens is 184 g/mol. The first-order chi connectivity index (χ1) is 6.93. The summed E-state index contributed by atoms with van der Waals surface area (Å²) in [5.74, 6) is 2.71. The van der Waals surface area contributed by atoms with Gasteiger partial charge in [-0.2, -0.15) is 0 Å². The third-order valence-corrected chi connectivity index (χ3v) is 4.87. The van der Waals surface area contributed by atoms with Crippen molar-refractivity contribution in [1.82, 2.24) is 0 Å². The number of carbonyl (C=O) groups excluding carboxylic acids is 1. The molecule has 0 N–H and O–H groups in total. The van der Waals surface area contributed by atoms with Crippen LogP contribution in [0.1, 0.15) is 47.0 Å². The molecule has 0 aromatic rings. The van der Waals surface area contributed by atoms with Gasteiger partial charge in [0.05, 0.1) is 0 Å². The van der Waals surface area contributed by atoms with Crippen LogP contribution in [0.5, 0.6) is 0 Å². The van der Waals surface area contributed by atoms with Crippen LogP contribution < -0.4 is 0 Å². The van der Waals surface area contributed by atoms with Gasteiger partial charge < -0.3 is 0 Å². The highest BCUT2D eigenvalue weighted by molar-refractivity contribution is 5.77. The van der Waals surface area contributed by atoms with E-state index in [1.165, 1.54) is 12.8 Å². The van der Waals surface area contributed by atoms with Crippen LogP contribution in [-0.2, 0) is 4.79 Å². The van der Waals surface area contributed by atoms with Crippen LogP contribution in [0.3, 0.4) is 0 Å². The second-order valence-corrected chi connectivity index (χ2v) is 6.04. The van der Waals surface area contributed by atoms with Crippen molar-refractivity contribution < 1.29 is 4.79 Å². The van der Waals surface area contributed by atoms with Crippen molar-refractivity contribution >= 4 is 5.78 Å². The maximum absolute atomic E-state index is 11.0. The highest BCUT2D eigenvalue weighted by Gasteiger charge is 2.54. The van der Waals surface area contributed by atoms with Gasteiger partial charge in [0.1, 0.15) is 5.78 Å². The highest BCUT2D eigenvalue weighted by Crippen LogP contribution is 2.62. The van der Waals surface area contributed by atoms with Gasteiger partial charge in [-0.3, -0.25) is 4.79 Å². The minimum atomic E-state index is 0.285. The van der Waals surface area contributed by atoms with E-state index in [-0.39, 0.29) is 5.78 Å². The van der Waals surface area contributed by atoms with Gasteiger partial charge in [0.2, 0.25) is 0 Å². The molecule has 84 valence electrons. The number of allylic oxidation sites excluding steroid dienone is 2. The van der Waals surface area contributed by atoms with Crippen LogP contribution in [0.2, 0.25) is 0 Å². The Morgan fingerprint density at radius 2 is 2.20 bits per heavy atom. The van der Waals surface area contributed by atoms with Gasteiger partial charge in [0.15, 0.2) is 0 Å². The Morgan fingerprint density at radius 1 is 1.53 bits per heavy atom. The van der Waals surface area contributed by atoms with Gasteiger partial charge in [-0.25, -0.2) is 0 Å². The molecule has 0 heterocycles. The SMILES string of the molecule is CC(=O)CC=C1CC2CC(C1C)C2(C)C. The summed E-state index contributed by atoms with van der Waals surface area (Å²) in [5.41, 5.74) is 2.10. The van der Waals surface area contributed by atoms with E-state index in [1.54, 1.807) is 12.5 Å². The van der Waals surface area contributed by atoms with Gasteiger partial charge >= 0.3 is 0 Å². The van der Waals surface area contributed by atoms with Crippen LogP contribution in [0.15, 0.2) is 11.6 Å². The Morgan fingerprint density at radius 3 is 2.67 bits per heavy atom. The van der Waals surface area contributed by atoms with Crippen molar-refractivity contribution in [2.45, 2.75) is 47.0 Å². The van der Waals surface area contributed by atoms with E-state index in [2.05, 4.69) is 26.8 Å². The molecule has 0 aromatic heterocycles. The van der Waals surface area contributed by atoms with Gasteiger partial charge in [-0.15, -0.1) is 0 Å². The zero-order valence-electron chi connectivity index (χ0n) is 10.3. The lowest BCUT2D eigenvalue weighted by atomic mass is 9.45. The maximum atomic E-state index is 11.0. The van der Waals surface area contributed by atoms with Gasteiger partial charge in [-0.1, -0.05) is 32.4 Å². The lowest BCUT2D eigenvalue weighted by Crippen LogP contribution is -2.52. The minimum absolute atomic E-state index is 0.285. The molecule has 1 nitrogen and oxygen atoms in total. The molecule has 1 heteroatoms. The number of hydrogen-bond acceptors (Lipinski definition) is 1. The average molecular weight is 206 g/mol. The summed E-state index contributed by atoms with van der Waals surface area (Å²) in [6.07, 6.45) is 5.48. The molecule has 0 radical (unpaired) electrons. The lowest BCUT2D eigenvalue weighted by molar-refractivity contribution is -0.116. The molecule has 3 aliphatic rings. The summed E-state index contributed by atoms with van der Waals surface area (Å²) in [7, 11) is 0. The Hall–Kier alpha value is -0.590. The summed E-state index contributed by atoms with van der Waals surface area (Å²) in [6.45, 7) is 8.83. The molecule has 0 spiro atoms. The highest BCUT2D eigenvalue weighted by atomic mass is 16.1. The van der Waals surface area contributed by atoms with Crippen molar-refractivity contribution in [3.63, 3.8) is 0 Å². The molecule has 3 unspecified atom stereocenters. The number of ketones is 1. The summed E-state index contributed by atoms with van der Waals surface area (Å²) in [6, 6.07) is 0. The molecule has 3 saturated carbocycles. The van der Waals surface area contributed by atoms with E-state index in [0.717, 1.165) is 11.8 Å². The first kappa shape index (κ1) is 10.9. The molecule has 0 aliphatic heterocycles. The molecular formula is C14H22O. The van der Waals surface area contributed by atoms with E-state index >= 15 is 0 Å². The number of carbonyl (C=O) groups is 1. The summed E-state index contributed by atoms with van der Waals surface area (Å²) in [4.78, 5) is 11.0. The van der Waals surface area contributed by atoms with Gasteiger partial charge in [0.25, 0.3) is 0 Å². The van der Waals surface area contributed by atoms with E-state index in [4.69, 9.17) is 0 Å². The molecule has 0 aromatic carbocycles. The van der Waals surface area contributed by atoms with E-state index in [1.807, 2.05) is 0 Å². The van der Waals surface area contributed by atoms with Gasteiger partial charge in [-0.05, 0) is 42.9 Å². The molecule has 0 saturated heterocycles. The second-order valence-electron chi connectivity index (χ2n) is 6.04. The molecule has 3 fully saturated rings. The molecule has 15 heavy (non-hydrogen) atoms. The van der Waals surface area contributed by atoms with Crippen LogP contribution in [-0.4, -0.2) is 5.78 Å². The summed E-state index contributed by atoms with van der Waals surface area (Å²) in [5, 5.41) is 0. The number of fused-ring (bicyclic) bond motifs is 2. The second kappa shape index (κ2) is 3.47. The third-order valence-electron chi connectivity index (χ3n) is 4.87. The molecule has 3 atom stereocenters. The quantitative estimate of drug-likeness (QED) is 0.631. The topological polar surface area (TPSA) is 17.1 Å². The maximum Gasteiger partial charge on any atom is 0.133 e. The number of rotatable bonds is 2. The number of Topliss-reactive ketones (excluding diaryl/α,β-unsaturated/α-hetero) is 1. The fourth-order valence-corrected chi connectivity index (χ4v) is 3.52. The molecule has 3 aliphatic carbocycles. The Labute approximate surface area is 92.9 Å². The van der Waals surface area contributed by atoms with Crippen molar-refractivity contribution in [1.29, 1.82) is 0 Å². The molecule has 3 rings (SSSR count). The predicted octanol–water partition coefficient (Wildman–Crippen LogP) is 3.59. The predicted molar refractivity (Wildman–Crippen MR) is 62.5 cm³/mol. The molecule has 2 bridgehead atoms. The zero-order valence-corrected chi connectivity index (χ0v) is 10.3. The van der Waals surface area contributed by atoms with Crippen LogP contribution >= 0.6 is 0 Å². The smallest absolute Gasteiger partial charge is 0.133 e. The Bertz CT molecular complexity index is 311. The minimum Gasteiger partial charge on any atom is -0.300 e. The third kappa shape index (κ3) is 1.66. The zero-order chi connectivity index (χ0) is 11.2. The fourth-order valence-electron chi connectivity index (χ4n) is 3.52. The fraction of sp³-hybridized carbons (Fsp3) is 0.786. The first-order valence-electron chi connectivity index (χ1n) is 6.11. The van der Waals surface area contributed by atoms with Crippen LogP contribution in [0, 0.1) is 23.2 Å². The van der Waals surface area contributed by atoms with Crippen molar-refractivity contribution in [3.8, 4) is 0 Å². The Balaban J connectivity index is 2.08. The lowest BCUT2D eigenvalue weighted by Gasteiger charge is -2.60. The van der Waals surface area contributed by atoms with Gasteiger partial charge in [0, 0.05) is 6.42 Å². The van der Waals surface area contributed by atoms with Crippen LogP contribution in [0.25, 0.3) is 0 Å². The monoisotopic (exact) mass is 206 g/mol. The van der Waals surface area contributed by atoms with E-state index in [0.29, 0.717) is 17.8 Å². The van der Waals surface area contributed by atoms with E-state index in [9.17, 15) is 4.79 Å². The normalized spacial score (nSPS) is 40.0. The first-order valence-corrected chi connectivity index (χ1v) is 6.11. The standard InChI is InChI=1S/C14H22O/c1-9(15)5-6-11-7-12-8-13(10(11)2)14(12,3)4/h6,10,12-13H,5,7-8H2,1-4H3. The number of hydrogen-bond donors (Lipinski definition) is 0. The van der Waals surface area contributed by atoms with Crippen molar-refractivity contribution in [2.24, 2.45) is 23.2 Å².